The van der Waals surface area contributed by atoms with Gasteiger partial charge in [-0.1, -0.05) is 12.1 Å². The third-order valence-corrected chi connectivity index (χ3v) is 4.86. The van der Waals surface area contributed by atoms with Crippen LogP contribution < -0.4 is 15.4 Å². The molecule has 2 aromatic rings. The van der Waals surface area contributed by atoms with E-state index in [-0.39, 0.29) is 17.4 Å². The molecule has 0 unspecified atom stereocenters. The Balaban J connectivity index is 1.72. The minimum Gasteiger partial charge on any atom is -0.497 e. The molecule has 2 heterocycles. The molecule has 1 aliphatic rings. The average molecular weight is 399 g/mol. The molecule has 0 fully saturated rings. The number of ether oxygens (including phenoxy) is 1. The molecule has 0 saturated carbocycles. The molecule has 1 aromatic heterocycles. The van der Waals surface area contributed by atoms with Crippen LogP contribution in [0.15, 0.2) is 24.3 Å². The molecule has 0 bridgehead atoms. The summed E-state index contributed by atoms with van der Waals surface area (Å²) in [5.74, 6) is 0.656. The predicted octanol–water partition coefficient (Wildman–Crippen LogP) is 2.73. The smallest absolute Gasteiger partial charge is 0.287 e. The minimum absolute atomic E-state index is 0.228. The second-order valence-corrected chi connectivity index (χ2v) is 8.40. The second-order valence-electron chi connectivity index (χ2n) is 8.40. The second kappa shape index (κ2) is 8.68. The van der Waals surface area contributed by atoms with Crippen molar-refractivity contribution in [3.63, 3.8) is 0 Å². The van der Waals surface area contributed by atoms with E-state index in [1.807, 2.05) is 49.6 Å². The van der Waals surface area contributed by atoms with E-state index in [9.17, 15) is 9.59 Å². The van der Waals surface area contributed by atoms with Gasteiger partial charge in [0, 0.05) is 18.6 Å². The number of imidazole rings is 1. The molecule has 7 heteroatoms. The molecule has 0 radical (unpaired) electrons. The number of rotatable bonds is 6. The molecular weight excluding hydrogens is 368 g/mol. The zero-order chi connectivity index (χ0) is 21.0. The van der Waals surface area contributed by atoms with Gasteiger partial charge in [-0.25, -0.2) is 4.98 Å². The van der Waals surface area contributed by atoms with E-state index >= 15 is 0 Å². The Morgan fingerprint density at radius 2 is 2.00 bits per heavy atom. The first-order valence-electron chi connectivity index (χ1n) is 10.1. The lowest BCUT2D eigenvalue weighted by molar-refractivity contribution is 0.0903. The van der Waals surface area contributed by atoms with Crippen LogP contribution in [0.5, 0.6) is 5.75 Å². The SMILES string of the molecule is COc1cccc(CCNC(=O)c2nc(C(=O)NC(C)(C)C)n3c2CCCC3)c1. The van der Waals surface area contributed by atoms with E-state index in [4.69, 9.17) is 4.74 Å². The molecule has 0 saturated heterocycles. The Kier molecular flexibility index (Phi) is 6.25. The topological polar surface area (TPSA) is 85.2 Å². The van der Waals surface area contributed by atoms with Crippen molar-refractivity contribution in [2.24, 2.45) is 0 Å². The van der Waals surface area contributed by atoms with Gasteiger partial charge in [0.2, 0.25) is 0 Å². The molecule has 2 N–H and O–H groups in total. The summed E-state index contributed by atoms with van der Waals surface area (Å²) in [4.78, 5) is 29.9. The number of nitrogens with zero attached hydrogens (tertiary/aromatic N) is 2. The highest BCUT2D eigenvalue weighted by molar-refractivity contribution is 5.97. The normalized spacial score (nSPS) is 13.5. The average Bonchev–Trinajstić information content (AvgIpc) is 3.07. The van der Waals surface area contributed by atoms with Crippen molar-refractivity contribution in [2.45, 2.75) is 58.5 Å². The van der Waals surface area contributed by atoms with Crippen LogP contribution in [0.1, 0.15) is 66.0 Å². The Morgan fingerprint density at radius 3 is 2.72 bits per heavy atom. The monoisotopic (exact) mass is 398 g/mol. The molecule has 7 nitrogen and oxygen atoms in total. The highest BCUT2D eigenvalue weighted by Gasteiger charge is 2.28. The summed E-state index contributed by atoms with van der Waals surface area (Å²) in [5.41, 5.74) is 1.95. The van der Waals surface area contributed by atoms with Gasteiger partial charge in [0.15, 0.2) is 5.82 Å². The van der Waals surface area contributed by atoms with E-state index in [2.05, 4.69) is 15.6 Å². The van der Waals surface area contributed by atoms with Crippen molar-refractivity contribution in [1.29, 1.82) is 0 Å². The minimum atomic E-state index is -0.364. The highest BCUT2D eigenvalue weighted by Crippen LogP contribution is 2.21. The number of amides is 2. The lowest BCUT2D eigenvalue weighted by Crippen LogP contribution is -2.42. The van der Waals surface area contributed by atoms with E-state index < -0.39 is 0 Å². The van der Waals surface area contributed by atoms with Gasteiger partial charge in [-0.3, -0.25) is 9.59 Å². The fraction of sp³-hybridized carbons (Fsp3) is 0.500. The van der Waals surface area contributed by atoms with E-state index in [0.717, 1.165) is 36.3 Å². The van der Waals surface area contributed by atoms with Gasteiger partial charge in [0.25, 0.3) is 11.8 Å². The standard InChI is InChI=1S/C22H30N4O3/c1-22(2,3)25-21(28)19-24-18(17-10-5-6-13-26(17)19)20(27)23-12-11-15-8-7-9-16(14-15)29-4/h7-9,14H,5-6,10-13H2,1-4H3,(H,23,27)(H,25,28). The number of carbonyl (C=O) groups excluding carboxylic acids is 2. The number of hydrogen-bond acceptors (Lipinski definition) is 4. The van der Waals surface area contributed by atoms with E-state index in [1.165, 1.54) is 0 Å². The highest BCUT2D eigenvalue weighted by atomic mass is 16.5. The zero-order valence-electron chi connectivity index (χ0n) is 17.7. The van der Waals surface area contributed by atoms with Gasteiger partial charge in [-0.2, -0.15) is 0 Å². The first-order valence-corrected chi connectivity index (χ1v) is 10.1. The Labute approximate surface area is 171 Å². The van der Waals surface area contributed by atoms with Gasteiger partial charge in [-0.05, 0) is 64.2 Å². The fourth-order valence-corrected chi connectivity index (χ4v) is 3.53. The Hall–Kier alpha value is -2.83. The maximum Gasteiger partial charge on any atom is 0.287 e. The molecule has 2 amide bonds. The summed E-state index contributed by atoms with van der Waals surface area (Å²) in [5, 5.41) is 5.90. The molecule has 0 atom stereocenters. The van der Waals surface area contributed by atoms with Crippen LogP contribution in [-0.4, -0.2) is 40.6 Å². The van der Waals surface area contributed by atoms with Crippen LogP contribution >= 0.6 is 0 Å². The van der Waals surface area contributed by atoms with Crippen molar-refractivity contribution in [2.75, 3.05) is 13.7 Å². The number of methoxy groups -OCH3 is 1. The Bertz CT molecular complexity index is 896. The summed E-state index contributed by atoms with van der Waals surface area (Å²) in [6.45, 7) is 6.99. The quantitative estimate of drug-likeness (QED) is 0.784. The van der Waals surface area contributed by atoms with Crippen LogP contribution in [0, 0.1) is 0 Å². The third-order valence-electron chi connectivity index (χ3n) is 4.86. The molecule has 3 rings (SSSR count). The molecule has 1 aromatic carbocycles. The van der Waals surface area contributed by atoms with Crippen LogP contribution in [0.3, 0.4) is 0 Å². The number of hydrogen-bond donors (Lipinski definition) is 2. The van der Waals surface area contributed by atoms with Gasteiger partial charge < -0.3 is 19.9 Å². The van der Waals surface area contributed by atoms with Crippen molar-refractivity contribution < 1.29 is 14.3 Å². The molecule has 0 spiro atoms. The number of fused-ring (bicyclic) bond motifs is 1. The molecule has 0 aliphatic carbocycles. The van der Waals surface area contributed by atoms with Gasteiger partial charge in [0.05, 0.1) is 12.8 Å². The van der Waals surface area contributed by atoms with Crippen molar-refractivity contribution in [3.8, 4) is 5.75 Å². The van der Waals surface area contributed by atoms with Crippen LogP contribution in [0.25, 0.3) is 0 Å². The summed E-state index contributed by atoms with van der Waals surface area (Å²) in [6, 6.07) is 7.78. The zero-order valence-corrected chi connectivity index (χ0v) is 17.7. The van der Waals surface area contributed by atoms with Crippen molar-refractivity contribution in [1.82, 2.24) is 20.2 Å². The number of benzene rings is 1. The summed E-state index contributed by atoms with van der Waals surface area (Å²) in [6.07, 6.45) is 3.43. The Morgan fingerprint density at radius 1 is 1.21 bits per heavy atom. The number of carbonyl (C=O) groups is 2. The first-order chi connectivity index (χ1) is 13.8. The lowest BCUT2D eigenvalue weighted by atomic mass is 10.1. The number of nitrogens with one attached hydrogen (secondary N) is 2. The van der Waals surface area contributed by atoms with E-state index in [1.54, 1.807) is 7.11 Å². The van der Waals surface area contributed by atoms with Crippen molar-refractivity contribution in [3.05, 3.63) is 47.0 Å². The maximum atomic E-state index is 12.8. The van der Waals surface area contributed by atoms with Crippen LogP contribution in [0.4, 0.5) is 0 Å². The first kappa shape index (κ1) is 20.9. The predicted molar refractivity (Wildman–Crippen MR) is 111 cm³/mol. The number of aromatic nitrogens is 2. The van der Waals surface area contributed by atoms with Crippen LogP contribution in [0.2, 0.25) is 0 Å². The van der Waals surface area contributed by atoms with Gasteiger partial charge in [-0.15, -0.1) is 0 Å². The fourth-order valence-electron chi connectivity index (χ4n) is 3.53. The van der Waals surface area contributed by atoms with Gasteiger partial charge in [0.1, 0.15) is 11.4 Å². The lowest BCUT2D eigenvalue weighted by Gasteiger charge is -2.22. The molecule has 1 aliphatic heterocycles. The maximum absolute atomic E-state index is 12.8. The molecular formula is C22H30N4O3. The molecule has 29 heavy (non-hydrogen) atoms. The van der Waals surface area contributed by atoms with Crippen molar-refractivity contribution >= 4 is 11.8 Å². The summed E-state index contributed by atoms with van der Waals surface area (Å²) in [7, 11) is 1.64. The van der Waals surface area contributed by atoms with E-state index in [0.29, 0.717) is 31.0 Å². The summed E-state index contributed by atoms with van der Waals surface area (Å²) >= 11 is 0. The summed E-state index contributed by atoms with van der Waals surface area (Å²) < 4.78 is 7.14. The largest absolute Gasteiger partial charge is 0.497 e. The third kappa shape index (κ3) is 5.16. The molecule has 156 valence electrons. The van der Waals surface area contributed by atoms with Gasteiger partial charge >= 0.3 is 0 Å². The van der Waals surface area contributed by atoms with Crippen LogP contribution in [-0.2, 0) is 19.4 Å².